The number of nitrogens with one attached hydrogen (secondary N) is 1. The van der Waals surface area contributed by atoms with Gasteiger partial charge in [-0.2, -0.15) is 0 Å². The Labute approximate surface area is 104 Å². The maximum absolute atomic E-state index is 10.8. The van der Waals surface area contributed by atoms with Crippen LogP contribution in [0.2, 0.25) is 0 Å². The molecule has 1 aromatic heterocycles. The van der Waals surface area contributed by atoms with Crippen molar-refractivity contribution in [3.05, 3.63) is 46.3 Å². The molecule has 0 aliphatic heterocycles. The first-order valence-corrected chi connectivity index (χ1v) is 5.37. The van der Waals surface area contributed by atoms with E-state index >= 15 is 0 Å². The van der Waals surface area contributed by atoms with E-state index in [2.05, 4.69) is 15.3 Å². The highest BCUT2D eigenvalue weighted by Crippen LogP contribution is 2.27. The fourth-order valence-electron chi connectivity index (χ4n) is 1.76. The van der Waals surface area contributed by atoms with Crippen LogP contribution in [0.1, 0.15) is 5.56 Å². The van der Waals surface area contributed by atoms with Gasteiger partial charge in [0, 0.05) is 30.3 Å². The number of rotatable bonds is 3. The zero-order valence-corrected chi connectivity index (χ0v) is 10.0. The van der Waals surface area contributed by atoms with E-state index in [1.54, 1.807) is 19.2 Å². The smallest absolute Gasteiger partial charge is 0.270 e. The quantitative estimate of drug-likeness (QED) is 0.662. The topological polar surface area (TPSA) is 81.0 Å². The second-order valence-electron chi connectivity index (χ2n) is 3.75. The van der Waals surface area contributed by atoms with E-state index < -0.39 is 4.92 Å². The number of aromatic nitrogens is 2. The molecule has 1 aromatic carbocycles. The molecule has 6 nitrogen and oxygen atoms in total. The van der Waals surface area contributed by atoms with Gasteiger partial charge in [0.2, 0.25) is 0 Å². The molecule has 2 rings (SSSR count). The van der Waals surface area contributed by atoms with Gasteiger partial charge in [0.1, 0.15) is 12.1 Å². The normalized spacial score (nSPS) is 10.1. The Morgan fingerprint density at radius 1 is 1.33 bits per heavy atom. The van der Waals surface area contributed by atoms with E-state index in [0.29, 0.717) is 17.1 Å². The molecule has 0 aliphatic carbocycles. The maximum atomic E-state index is 10.8. The van der Waals surface area contributed by atoms with Crippen LogP contribution in [-0.2, 0) is 0 Å². The van der Waals surface area contributed by atoms with Crippen LogP contribution in [0.5, 0.6) is 0 Å². The summed E-state index contributed by atoms with van der Waals surface area (Å²) in [6.45, 7) is 1.88. The number of benzene rings is 1. The lowest BCUT2D eigenvalue weighted by atomic mass is 10.1. The molecule has 6 heteroatoms. The predicted molar refractivity (Wildman–Crippen MR) is 68.4 cm³/mol. The Balaban J connectivity index is 2.55. The number of nitro groups is 1. The van der Waals surface area contributed by atoms with Gasteiger partial charge in [0.15, 0.2) is 0 Å². The van der Waals surface area contributed by atoms with Gasteiger partial charge in [-0.15, -0.1) is 0 Å². The molecule has 0 unspecified atom stereocenters. The molecule has 0 atom stereocenters. The molecule has 0 aliphatic rings. The second kappa shape index (κ2) is 4.79. The number of hydrogen-bond donors (Lipinski definition) is 1. The minimum Gasteiger partial charge on any atom is -0.373 e. The molecule has 0 saturated heterocycles. The van der Waals surface area contributed by atoms with Gasteiger partial charge < -0.3 is 5.32 Å². The van der Waals surface area contributed by atoms with Crippen molar-refractivity contribution >= 4 is 11.5 Å². The molecule has 0 bridgehead atoms. The van der Waals surface area contributed by atoms with Crippen LogP contribution < -0.4 is 5.32 Å². The third-order valence-corrected chi connectivity index (χ3v) is 2.65. The molecule has 0 saturated carbocycles. The summed E-state index contributed by atoms with van der Waals surface area (Å²) < 4.78 is 0. The molecular formula is C12H12N4O2. The Morgan fingerprint density at radius 3 is 2.78 bits per heavy atom. The van der Waals surface area contributed by atoms with Crippen molar-refractivity contribution in [1.29, 1.82) is 0 Å². The number of nitro benzene ring substituents is 1. The standard InChI is InChI=1S/C12H12N4O2/c1-8-11(14-7-15-12(8)13-2)9-4-3-5-10(6-9)16(17)18/h3-7H,1-2H3,(H,13,14,15). The summed E-state index contributed by atoms with van der Waals surface area (Å²) in [5, 5.41) is 13.7. The SMILES string of the molecule is CNc1ncnc(-c2cccc([N+](=O)[O-])c2)c1C. The van der Waals surface area contributed by atoms with E-state index in [1.165, 1.54) is 18.5 Å². The molecule has 0 fully saturated rings. The number of nitrogens with zero attached hydrogens (tertiary/aromatic N) is 3. The Bertz CT molecular complexity index is 598. The van der Waals surface area contributed by atoms with Crippen molar-refractivity contribution in [3.8, 4) is 11.3 Å². The minimum absolute atomic E-state index is 0.0523. The summed E-state index contributed by atoms with van der Waals surface area (Å²) in [6, 6.07) is 6.41. The molecule has 0 radical (unpaired) electrons. The first-order chi connectivity index (χ1) is 8.63. The fraction of sp³-hybridized carbons (Fsp3) is 0.167. The van der Waals surface area contributed by atoms with E-state index in [1.807, 2.05) is 6.92 Å². The molecule has 18 heavy (non-hydrogen) atoms. The van der Waals surface area contributed by atoms with Crippen molar-refractivity contribution in [1.82, 2.24) is 9.97 Å². The van der Waals surface area contributed by atoms with Gasteiger partial charge in [-0.1, -0.05) is 12.1 Å². The lowest BCUT2D eigenvalue weighted by Gasteiger charge is -2.08. The number of anilines is 1. The highest BCUT2D eigenvalue weighted by molar-refractivity contribution is 5.69. The van der Waals surface area contributed by atoms with Crippen LogP contribution in [0, 0.1) is 17.0 Å². The zero-order chi connectivity index (χ0) is 13.1. The predicted octanol–water partition coefficient (Wildman–Crippen LogP) is 2.40. The summed E-state index contributed by atoms with van der Waals surface area (Å²) in [7, 11) is 1.77. The highest BCUT2D eigenvalue weighted by atomic mass is 16.6. The minimum atomic E-state index is -0.418. The van der Waals surface area contributed by atoms with Gasteiger partial charge in [-0.25, -0.2) is 9.97 Å². The first-order valence-electron chi connectivity index (χ1n) is 5.37. The average molecular weight is 244 g/mol. The van der Waals surface area contributed by atoms with E-state index in [9.17, 15) is 10.1 Å². The number of non-ortho nitro benzene ring substituents is 1. The Morgan fingerprint density at radius 2 is 2.11 bits per heavy atom. The summed E-state index contributed by atoms with van der Waals surface area (Å²) in [5.41, 5.74) is 2.32. The van der Waals surface area contributed by atoms with Crippen LogP contribution in [0.15, 0.2) is 30.6 Å². The Kier molecular flexibility index (Phi) is 3.18. The highest BCUT2D eigenvalue weighted by Gasteiger charge is 2.11. The van der Waals surface area contributed by atoms with Crippen molar-refractivity contribution in [2.24, 2.45) is 0 Å². The van der Waals surface area contributed by atoms with E-state index in [-0.39, 0.29) is 5.69 Å². The summed E-state index contributed by atoms with van der Waals surface area (Å²) >= 11 is 0. The van der Waals surface area contributed by atoms with Gasteiger partial charge in [0.05, 0.1) is 10.6 Å². The van der Waals surface area contributed by atoms with Crippen LogP contribution in [-0.4, -0.2) is 21.9 Å². The lowest BCUT2D eigenvalue weighted by molar-refractivity contribution is -0.384. The molecular weight excluding hydrogens is 232 g/mol. The molecule has 0 amide bonds. The monoisotopic (exact) mass is 244 g/mol. The lowest BCUT2D eigenvalue weighted by Crippen LogP contribution is -1.99. The first kappa shape index (κ1) is 12.0. The molecule has 0 spiro atoms. The maximum Gasteiger partial charge on any atom is 0.270 e. The second-order valence-corrected chi connectivity index (χ2v) is 3.75. The van der Waals surface area contributed by atoms with Gasteiger partial charge in [-0.3, -0.25) is 10.1 Å². The van der Waals surface area contributed by atoms with Crippen molar-refractivity contribution in [2.75, 3.05) is 12.4 Å². The third kappa shape index (κ3) is 2.13. The van der Waals surface area contributed by atoms with Crippen molar-refractivity contribution in [3.63, 3.8) is 0 Å². The van der Waals surface area contributed by atoms with Crippen molar-refractivity contribution in [2.45, 2.75) is 6.92 Å². The van der Waals surface area contributed by atoms with Crippen LogP contribution in [0.4, 0.5) is 11.5 Å². The largest absolute Gasteiger partial charge is 0.373 e. The van der Waals surface area contributed by atoms with Gasteiger partial charge in [0.25, 0.3) is 5.69 Å². The third-order valence-electron chi connectivity index (χ3n) is 2.65. The zero-order valence-electron chi connectivity index (χ0n) is 10.0. The van der Waals surface area contributed by atoms with Crippen LogP contribution in [0.3, 0.4) is 0 Å². The summed E-state index contributed by atoms with van der Waals surface area (Å²) in [4.78, 5) is 18.6. The van der Waals surface area contributed by atoms with Gasteiger partial charge in [-0.05, 0) is 6.92 Å². The van der Waals surface area contributed by atoms with Crippen molar-refractivity contribution < 1.29 is 4.92 Å². The molecule has 1 N–H and O–H groups in total. The van der Waals surface area contributed by atoms with E-state index in [0.717, 1.165) is 5.56 Å². The average Bonchev–Trinajstić information content (AvgIpc) is 2.39. The summed E-state index contributed by atoms with van der Waals surface area (Å²) in [5.74, 6) is 0.714. The molecule has 1 heterocycles. The number of hydrogen-bond acceptors (Lipinski definition) is 5. The summed E-state index contributed by atoms with van der Waals surface area (Å²) in [6.07, 6.45) is 1.44. The Hall–Kier alpha value is -2.50. The molecule has 92 valence electrons. The van der Waals surface area contributed by atoms with E-state index in [4.69, 9.17) is 0 Å². The van der Waals surface area contributed by atoms with Crippen LogP contribution >= 0.6 is 0 Å². The fourth-order valence-corrected chi connectivity index (χ4v) is 1.76. The van der Waals surface area contributed by atoms with Crippen LogP contribution in [0.25, 0.3) is 11.3 Å². The van der Waals surface area contributed by atoms with Gasteiger partial charge >= 0.3 is 0 Å². The molecule has 2 aromatic rings.